The first kappa shape index (κ1) is 14.5. The van der Waals surface area contributed by atoms with Crippen molar-refractivity contribution in [3.63, 3.8) is 0 Å². The Balaban J connectivity index is 1.90. The minimum atomic E-state index is -4.34. The first-order valence-electron chi connectivity index (χ1n) is 6.10. The second kappa shape index (κ2) is 6.00. The van der Waals surface area contributed by atoms with Crippen LogP contribution in [0.3, 0.4) is 0 Å². The number of halogens is 3. The van der Waals surface area contributed by atoms with Crippen molar-refractivity contribution < 1.29 is 13.2 Å². The van der Waals surface area contributed by atoms with Gasteiger partial charge in [-0.25, -0.2) is 0 Å². The lowest BCUT2D eigenvalue weighted by atomic mass is 10.2. The Labute approximate surface area is 114 Å². The minimum absolute atomic E-state index is 0.397. The largest absolute Gasteiger partial charge is 0.417 e. The number of aryl methyl sites for hydroxylation is 1. The van der Waals surface area contributed by atoms with Crippen LogP contribution >= 0.6 is 0 Å². The Kier molecular flexibility index (Phi) is 4.34. The lowest BCUT2D eigenvalue weighted by Crippen LogP contribution is -2.16. The maximum atomic E-state index is 12.4. The van der Waals surface area contributed by atoms with Gasteiger partial charge in [0.2, 0.25) is 0 Å². The van der Waals surface area contributed by atoms with Crippen LogP contribution in [0.1, 0.15) is 22.5 Å². The average Bonchev–Trinajstić information content (AvgIpc) is 2.40. The Hall–Kier alpha value is -1.95. The summed E-state index contributed by atoms with van der Waals surface area (Å²) < 4.78 is 37.1. The van der Waals surface area contributed by atoms with Gasteiger partial charge in [0.15, 0.2) is 0 Å². The SMILES string of the molecule is Cc1cccnc1CNCc1ccc(C(F)(F)F)cn1. The van der Waals surface area contributed by atoms with E-state index in [1.807, 2.05) is 19.1 Å². The maximum absolute atomic E-state index is 12.4. The molecule has 2 rings (SSSR count). The normalized spacial score (nSPS) is 11.6. The van der Waals surface area contributed by atoms with E-state index in [1.54, 1.807) is 6.20 Å². The zero-order valence-electron chi connectivity index (χ0n) is 10.9. The van der Waals surface area contributed by atoms with Gasteiger partial charge in [-0.15, -0.1) is 0 Å². The van der Waals surface area contributed by atoms with Crippen LogP contribution in [0.15, 0.2) is 36.7 Å². The number of nitrogens with one attached hydrogen (secondary N) is 1. The fourth-order valence-corrected chi connectivity index (χ4v) is 1.71. The summed E-state index contributed by atoms with van der Waals surface area (Å²) in [6.45, 7) is 2.91. The number of hydrogen-bond acceptors (Lipinski definition) is 3. The van der Waals surface area contributed by atoms with Crippen LogP contribution in [0.2, 0.25) is 0 Å². The predicted octanol–water partition coefficient (Wildman–Crippen LogP) is 3.09. The van der Waals surface area contributed by atoms with Crippen molar-refractivity contribution in [3.05, 3.63) is 59.2 Å². The molecule has 0 bridgehead atoms. The van der Waals surface area contributed by atoms with Gasteiger partial charge in [-0.1, -0.05) is 6.07 Å². The van der Waals surface area contributed by atoms with E-state index in [4.69, 9.17) is 0 Å². The summed E-state index contributed by atoms with van der Waals surface area (Å²) >= 11 is 0. The van der Waals surface area contributed by atoms with E-state index in [-0.39, 0.29) is 0 Å². The molecule has 0 radical (unpaired) electrons. The van der Waals surface area contributed by atoms with Gasteiger partial charge in [0.05, 0.1) is 17.0 Å². The molecule has 1 N–H and O–H groups in total. The lowest BCUT2D eigenvalue weighted by molar-refractivity contribution is -0.137. The molecule has 0 saturated carbocycles. The van der Waals surface area contributed by atoms with Crippen molar-refractivity contribution in [2.24, 2.45) is 0 Å². The third-order valence-corrected chi connectivity index (χ3v) is 2.87. The van der Waals surface area contributed by atoms with Crippen LogP contribution in [-0.2, 0) is 19.3 Å². The van der Waals surface area contributed by atoms with Gasteiger partial charge >= 0.3 is 6.18 Å². The topological polar surface area (TPSA) is 37.8 Å². The molecule has 106 valence electrons. The zero-order chi connectivity index (χ0) is 14.6. The molecule has 3 nitrogen and oxygen atoms in total. The monoisotopic (exact) mass is 281 g/mol. The van der Waals surface area contributed by atoms with E-state index in [9.17, 15) is 13.2 Å². The highest BCUT2D eigenvalue weighted by molar-refractivity contribution is 5.18. The smallest absolute Gasteiger partial charge is 0.305 e. The molecule has 0 atom stereocenters. The first-order chi connectivity index (χ1) is 9.47. The highest BCUT2D eigenvalue weighted by Gasteiger charge is 2.30. The molecule has 20 heavy (non-hydrogen) atoms. The summed E-state index contributed by atoms with van der Waals surface area (Å²) in [7, 11) is 0. The van der Waals surface area contributed by atoms with Crippen LogP contribution in [0.4, 0.5) is 13.2 Å². The summed E-state index contributed by atoms with van der Waals surface area (Å²) in [6, 6.07) is 6.23. The number of aromatic nitrogens is 2. The van der Waals surface area contributed by atoms with Crippen LogP contribution < -0.4 is 5.32 Å². The fraction of sp³-hybridized carbons (Fsp3) is 0.286. The summed E-state index contributed by atoms with van der Waals surface area (Å²) in [5, 5.41) is 3.11. The molecule has 2 aromatic rings. The number of pyridine rings is 2. The van der Waals surface area contributed by atoms with E-state index in [0.29, 0.717) is 18.8 Å². The van der Waals surface area contributed by atoms with Crippen molar-refractivity contribution >= 4 is 0 Å². The summed E-state index contributed by atoms with van der Waals surface area (Å²) in [6.07, 6.45) is -1.78. The minimum Gasteiger partial charge on any atom is -0.305 e. The first-order valence-corrected chi connectivity index (χ1v) is 6.10. The molecule has 0 fully saturated rings. The summed E-state index contributed by atoms with van der Waals surface area (Å²) in [5.41, 5.74) is 1.81. The van der Waals surface area contributed by atoms with Crippen molar-refractivity contribution in [3.8, 4) is 0 Å². The molecule has 0 spiro atoms. The van der Waals surface area contributed by atoms with E-state index in [1.165, 1.54) is 6.07 Å². The van der Waals surface area contributed by atoms with Crippen LogP contribution in [0.25, 0.3) is 0 Å². The summed E-state index contributed by atoms with van der Waals surface area (Å²) in [4.78, 5) is 8.02. The van der Waals surface area contributed by atoms with Crippen LogP contribution in [0, 0.1) is 6.92 Å². The van der Waals surface area contributed by atoms with Crippen molar-refractivity contribution in [2.45, 2.75) is 26.2 Å². The Morgan fingerprint density at radius 2 is 1.90 bits per heavy atom. The number of nitrogens with zero attached hydrogens (tertiary/aromatic N) is 2. The van der Waals surface area contributed by atoms with Crippen molar-refractivity contribution in [2.75, 3.05) is 0 Å². The Morgan fingerprint density at radius 3 is 2.50 bits per heavy atom. The second-order valence-corrected chi connectivity index (χ2v) is 4.41. The molecule has 2 aromatic heterocycles. The highest BCUT2D eigenvalue weighted by atomic mass is 19.4. The Morgan fingerprint density at radius 1 is 1.10 bits per heavy atom. The zero-order valence-corrected chi connectivity index (χ0v) is 10.9. The van der Waals surface area contributed by atoms with Crippen molar-refractivity contribution in [1.82, 2.24) is 15.3 Å². The maximum Gasteiger partial charge on any atom is 0.417 e. The number of alkyl halides is 3. The van der Waals surface area contributed by atoms with Crippen molar-refractivity contribution in [1.29, 1.82) is 0 Å². The van der Waals surface area contributed by atoms with E-state index >= 15 is 0 Å². The molecular formula is C14H14F3N3. The third-order valence-electron chi connectivity index (χ3n) is 2.87. The lowest BCUT2D eigenvalue weighted by Gasteiger charge is -2.08. The van der Waals surface area contributed by atoms with Gasteiger partial charge in [0.25, 0.3) is 0 Å². The fourth-order valence-electron chi connectivity index (χ4n) is 1.71. The second-order valence-electron chi connectivity index (χ2n) is 4.41. The highest BCUT2D eigenvalue weighted by Crippen LogP contribution is 2.28. The molecule has 0 aliphatic heterocycles. The molecule has 0 aromatic carbocycles. The van der Waals surface area contributed by atoms with E-state index in [2.05, 4.69) is 15.3 Å². The average molecular weight is 281 g/mol. The molecule has 2 heterocycles. The molecule has 0 unspecified atom stereocenters. The molecule has 6 heteroatoms. The van der Waals surface area contributed by atoms with Gasteiger partial charge in [0.1, 0.15) is 0 Å². The summed E-state index contributed by atoms with van der Waals surface area (Å²) in [5.74, 6) is 0. The van der Waals surface area contributed by atoms with Gasteiger partial charge in [0, 0.05) is 25.5 Å². The number of rotatable bonds is 4. The quantitative estimate of drug-likeness (QED) is 0.935. The van der Waals surface area contributed by atoms with Gasteiger partial charge in [-0.05, 0) is 30.7 Å². The van der Waals surface area contributed by atoms with Gasteiger partial charge in [-0.2, -0.15) is 13.2 Å². The predicted molar refractivity (Wildman–Crippen MR) is 68.8 cm³/mol. The molecule has 0 aliphatic rings. The third kappa shape index (κ3) is 3.77. The number of hydrogen-bond donors (Lipinski definition) is 1. The van der Waals surface area contributed by atoms with Crippen LogP contribution in [0.5, 0.6) is 0 Å². The molecule has 0 saturated heterocycles. The molecule has 0 aliphatic carbocycles. The van der Waals surface area contributed by atoms with Crippen LogP contribution in [-0.4, -0.2) is 9.97 Å². The Bertz CT molecular complexity index is 565. The van der Waals surface area contributed by atoms with Gasteiger partial charge in [-0.3, -0.25) is 9.97 Å². The molecule has 0 amide bonds. The van der Waals surface area contributed by atoms with E-state index in [0.717, 1.165) is 23.5 Å². The van der Waals surface area contributed by atoms with Gasteiger partial charge < -0.3 is 5.32 Å². The molecular weight excluding hydrogens is 267 g/mol. The standard InChI is InChI=1S/C14H14F3N3/c1-10-3-2-6-19-13(10)9-18-8-12-5-4-11(7-20-12)14(15,16)17/h2-7,18H,8-9H2,1H3. The van der Waals surface area contributed by atoms with E-state index < -0.39 is 11.7 Å².